The van der Waals surface area contributed by atoms with E-state index in [4.69, 9.17) is 0 Å². The number of carboxylic acids is 1. The molecule has 3 saturated carbocycles. The zero-order chi connectivity index (χ0) is 14.1. The van der Waals surface area contributed by atoms with Crippen LogP contribution >= 0.6 is 0 Å². The van der Waals surface area contributed by atoms with Crippen molar-refractivity contribution in [2.75, 3.05) is 0 Å². The largest absolute Gasteiger partial charge is 0.481 e. The van der Waals surface area contributed by atoms with Gasteiger partial charge >= 0.3 is 5.97 Å². The molecule has 0 saturated heterocycles. The second-order valence-electron chi connectivity index (χ2n) is 7.40. The van der Waals surface area contributed by atoms with Crippen molar-refractivity contribution in [2.24, 2.45) is 23.7 Å². The molecule has 0 amide bonds. The van der Waals surface area contributed by atoms with Crippen LogP contribution in [0.25, 0.3) is 0 Å². The van der Waals surface area contributed by atoms with Crippen molar-refractivity contribution in [3.05, 3.63) is 0 Å². The number of rotatable bonds is 5. The Morgan fingerprint density at radius 1 is 1.10 bits per heavy atom. The molecule has 0 heterocycles. The molecule has 0 aromatic rings. The molecule has 3 rings (SSSR count). The molecule has 2 N–H and O–H groups in total. The topological polar surface area (TPSA) is 49.3 Å². The second-order valence-corrected chi connectivity index (χ2v) is 7.40. The van der Waals surface area contributed by atoms with E-state index < -0.39 is 5.97 Å². The minimum Gasteiger partial charge on any atom is -0.481 e. The van der Waals surface area contributed by atoms with Gasteiger partial charge in [0.1, 0.15) is 0 Å². The minimum absolute atomic E-state index is 0.109. The minimum atomic E-state index is -0.561. The molecule has 20 heavy (non-hydrogen) atoms. The van der Waals surface area contributed by atoms with Crippen LogP contribution in [0.5, 0.6) is 0 Å². The third-order valence-corrected chi connectivity index (χ3v) is 6.17. The molecular weight excluding hydrogens is 250 g/mol. The van der Waals surface area contributed by atoms with E-state index in [0.29, 0.717) is 17.9 Å². The summed E-state index contributed by atoms with van der Waals surface area (Å²) >= 11 is 0. The van der Waals surface area contributed by atoms with Crippen LogP contribution in [0, 0.1) is 23.7 Å². The van der Waals surface area contributed by atoms with E-state index in [1.807, 2.05) is 0 Å². The molecule has 0 aromatic heterocycles. The first kappa shape index (κ1) is 14.4. The Morgan fingerprint density at radius 2 is 1.80 bits per heavy atom. The lowest BCUT2D eigenvalue weighted by molar-refractivity contribution is -0.144. The highest BCUT2D eigenvalue weighted by Crippen LogP contribution is 2.49. The van der Waals surface area contributed by atoms with Gasteiger partial charge in [-0.1, -0.05) is 19.8 Å². The highest BCUT2D eigenvalue weighted by Gasteiger charge is 2.51. The fourth-order valence-electron chi connectivity index (χ4n) is 5.18. The Labute approximate surface area is 122 Å². The average Bonchev–Trinajstić information content (AvgIpc) is 3.02. The van der Waals surface area contributed by atoms with Gasteiger partial charge in [-0.3, -0.25) is 4.79 Å². The Balaban J connectivity index is 1.54. The SMILES string of the molecule is CCCC1CCC(NC2C3CCC(C3)C2C(=O)O)CC1. The summed E-state index contributed by atoms with van der Waals surface area (Å²) in [5.41, 5.74) is 0. The Kier molecular flexibility index (Phi) is 4.34. The summed E-state index contributed by atoms with van der Waals surface area (Å²) in [7, 11) is 0. The third kappa shape index (κ3) is 2.74. The predicted molar refractivity (Wildman–Crippen MR) is 79.5 cm³/mol. The molecule has 3 aliphatic rings. The van der Waals surface area contributed by atoms with Gasteiger partial charge in [0.25, 0.3) is 0 Å². The van der Waals surface area contributed by atoms with Crippen LogP contribution in [0.1, 0.15) is 64.7 Å². The first-order valence-corrected chi connectivity index (χ1v) is 8.68. The maximum absolute atomic E-state index is 11.5. The van der Waals surface area contributed by atoms with Crippen molar-refractivity contribution in [1.29, 1.82) is 0 Å². The third-order valence-electron chi connectivity index (χ3n) is 6.17. The van der Waals surface area contributed by atoms with Crippen molar-refractivity contribution in [3.8, 4) is 0 Å². The normalized spacial score (nSPS) is 43.9. The lowest BCUT2D eigenvalue weighted by Crippen LogP contribution is -2.49. The van der Waals surface area contributed by atoms with Gasteiger partial charge in [0.2, 0.25) is 0 Å². The Morgan fingerprint density at radius 3 is 2.45 bits per heavy atom. The molecule has 0 aromatic carbocycles. The number of hydrogen-bond acceptors (Lipinski definition) is 2. The highest BCUT2D eigenvalue weighted by molar-refractivity contribution is 5.72. The molecule has 4 unspecified atom stereocenters. The number of nitrogens with one attached hydrogen (secondary N) is 1. The molecule has 114 valence electrons. The van der Waals surface area contributed by atoms with Crippen LogP contribution in [-0.4, -0.2) is 23.2 Å². The monoisotopic (exact) mass is 279 g/mol. The van der Waals surface area contributed by atoms with Gasteiger partial charge in [-0.05, 0) is 62.7 Å². The summed E-state index contributed by atoms with van der Waals surface area (Å²) in [6.07, 6.45) is 11.4. The van der Waals surface area contributed by atoms with Gasteiger partial charge in [-0.25, -0.2) is 0 Å². The zero-order valence-corrected chi connectivity index (χ0v) is 12.7. The molecule has 4 atom stereocenters. The summed E-state index contributed by atoms with van der Waals surface area (Å²) in [5.74, 6) is 1.34. The number of carboxylic acid groups (broad SMARTS) is 1. The molecule has 3 heteroatoms. The molecule has 0 radical (unpaired) electrons. The number of carbonyl (C=O) groups is 1. The summed E-state index contributed by atoms with van der Waals surface area (Å²) in [4.78, 5) is 11.5. The first-order valence-electron chi connectivity index (χ1n) is 8.68. The Hall–Kier alpha value is -0.570. The summed E-state index contributed by atoms with van der Waals surface area (Å²) < 4.78 is 0. The van der Waals surface area contributed by atoms with Crippen LogP contribution < -0.4 is 5.32 Å². The number of aliphatic carboxylic acids is 1. The molecule has 3 nitrogen and oxygen atoms in total. The predicted octanol–water partition coefficient (Wildman–Crippen LogP) is 3.43. The van der Waals surface area contributed by atoms with Crippen LogP contribution in [-0.2, 0) is 4.79 Å². The van der Waals surface area contributed by atoms with Gasteiger partial charge < -0.3 is 10.4 Å². The van der Waals surface area contributed by atoms with Crippen molar-refractivity contribution in [3.63, 3.8) is 0 Å². The molecule has 0 aliphatic heterocycles. The van der Waals surface area contributed by atoms with Crippen molar-refractivity contribution in [2.45, 2.75) is 76.8 Å². The van der Waals surface area contributed by atoms with Crippen LogP contribution in [0.4, 0.5) is 0 Å². The average molecular weight is 279 g/mol. The van der Waals surface area contributed by atoms with Gasteiger partial charge in [0.15, 0.2) is 0 Å². The molecule has 3 fully saturated rings. The quantitative estimate of drug-likeness (QED) is 0.810. The second kappa shape index (κ2) is 6.05. The fourth-order valence-corrected chi connectivity index (χ4v) is 5.18. The van der Waals surface area contributed by atoms with Gasteiger partial charge in [-0.2, -0.15) is 0 Å². The maximum Gasteiger partial charge on any atom is 0.308 e. The summed E-state index contributed by atoms with van der Waals surface area (Å²) in [6, 6.07) is 0.841. The van der Waals surface area contributed by atoms with E-state index in [9.17, 15) is 9.90 Å². The van der Waals surface area contributed by atoms with E-state index in [1.165, 1.54) is 44.9 Å². The zero-order valence-electron chi connectivity index (χ0n) is 12.7. The maximum atomic E-state index is 11.5. The van der Waals surface area contributed by atoms with Crippen LogP contribution in [0.2, 0.25) is 0 Å². The van der Waals surface area contributed by atoms with E-state index in [-0.39, 0.29) is 12.0 Å². The van der Waals surface area contributed by atoms with Crippen LogP contribution in [0.15, 0.2) is 0 Å². The lowest BCUT2D eigenvalue weighted by Gasteiger charge is -2.36. The summed E-state index contributed by atoms with van der Waals surface area (Å²) in [5, 5.41) is 13.3. The highest BCUT2D eigenvalue weighted by atomic mass is 16.4. The first-order chi connectivity index (χ1) is 9.69. The van der Waals surface area contributed by atoms with Gasteiger partial charge in [-0.15, -0.1) is 0 Å². The van der Waals surface area contributed by atoms with Gasteiger partial charge in [0, 0.05) is 12.1 Å². The van der Waals surface area contributed by atoms with Gasteiger partial charge in [0.05, 0.1) is 5.92 Å². The smallest absolute Gasteiger partial charge is 0.308 e. The van der Waals surface area contributed by atoms with Crippen molar-refractivity contribution >= 4 is 5.97 Å². The van der Waals surface area contributed by atoms with Crippen molar-refractivity contribution < 1.29 is 9.90 Å². The van der Waals surface area contributed by atoms with Crippen molar-refractivity contribution in [1.82, 2.24) is 5.32 Å². The summed E-state index contributed by atoms with van der Waals surface area (Å²) in [6.45, 7) is 2.27. The molecular formula is C17H29NO2. The molecule has 2 bridgehead atoms. The molecule has 3 aliphatic carbocycles. The van der Waals surface area contributed by atoms with E-state index in [2.05, 4.69) is 12.2 Å². The van der Waals surface area contributed by atoms with E-state index >= 15 is 0 Å². The molecule has 0 spiro atoms. The number of fused-ring (bicyclic) bond motifs is 2. The standard InChI is InChI=1S/C17H29NO2/c1-2-3-11-4-8-14(9-5-11)18-16-13-7-6-12(10-13)15(16)17(19)20/h11-16,18H,2-10H2,1H3,(H,19,20). The van der Waals surface area contributed by atoms with E-state index in [1.54, 1.807) is 0 Å². The number of hydrogen-bond donors (Lipinski definition) is 2. The lowest BCUT2D eigenvalue weighted by atomic mass is 9.80. The van der Waals surface area contributed by atoms with Crippen LogP contribution in [0.3, 0.4) is 0 Å². The Bertz CT molecular complexity index is 349. The van der Waals surface area contributed by atoms with E-state index in [0.717, 1.165) is 18.8 Å². The fraction of sp³-hybridized carbons (Fsp3) is 0.941.